The van der Waals surface area contributed by atoms with E-state index >= 15 is 0 Å². The minimum Gasteiger partial charge on any atom is -0.355 e. The summed E-state index contributed by atoms with van der Waals surface area (Å²) < 4.78 is 0. The lowest BCUT2D eigenvalue weighted by Crippen LogP contribution is -2.26. The maximum absolute atomic E-state index is 11.5. The number of halogens is 1. The van der Waals surface area contributed by atoms with Gasteiger partial charge in [0.15, 0.2) is 0 Å². The van der Waals surface area contributed by atoms with Crippen LogP contribution < -0.4 is 5.32 Å². The molecule has 1 rings (SSSR count). The molecule has 0 saturated heterocycles. The first kappa shape index (κ1) is 15.4. The van der Waals surface area contributed by atoms with Gasteiger partial charge in [0.05, 0.1) is 5.75 Å². The summed E-state index contributed by atoms with van der Waals surface area (Å²) >= 11 is 7.43. The number of amides is 1. The molecule has 0 unspecified atom stereocenters. The van der Waals surface area contributed by atoms with E-state index in [4.69, 9.17) is 11.6 Å². The third-order valence-electron chi connectivity index (χ3n) is 2.46. The number of benzene rings is 1. The molecule has 2 nitrogen and oxygen atoms in total. The summed E-state index contributed by atoms with van der Waals surface area (Å²) in [4.78, 5) is 11.5. The zero-order chi connectivity index (χ0) is 13.4. The van der Waals surface area contributed by atoms with Crippen molar-refractivity contribution in [2.75, 3.05) is 12.3 Å². The van der Waals surface area contributed by atoms with E-state index in [1.165, 1.54) is 5.56 Å². The van der Waals surface area contributed by atoms with Gasteiger partial charge < -0.3 is 5.32 Å². The Labute approximate surface area is 118 Å². The molecule has 1 amide bonds. The largest absolute Gasteiger partial charge is 0.355 e. The third kappa shape index (κ3) is 6.92. The predicted molar refractivity (Wildman–Crippen MR) is 80.1 cm³/mol. The van der Waals surface area contributed by atoms with E-state index < -0.39 is 0 Å². The van der Waals surface area contributed by atoms with Crippen molar-refractivity contribution in [2.24, 2.45) is 5.92 Å². The Balaban J connectivity index is 2.13. The number of carbonyl (C=O) groups excluding carboxylic acids is 1. The Morgan fingerprint density at radius 2 is 2.00 bits per heavy atom. The number of thioether (sulfide) groups is 1. The standard InChI is InChI=1S/C14H20ClNOS/c1-11(2)7-8-16-14(17)10-18-9-12-3-5-13(15)6-4-12/h3-6,11H,7-10H2,1-2H3,(H,16,17). The Morgan fingerprint density at radius 1 is 1.33 bits per heavy atom. The van der Waals surface area contributed by atoms with Gasteiger partial charge in [-0.05, 0) is 30.0 Å². The zero-order valence-electron chi connectivity index (χ0n) is 10.9. The van der Waals surface area contributed by atoms with E-state index in [1.807, 2.05) is 24.3 Å². The van der Waals surface area contributed by atoms with Crippen molar-refractivity contribution in [2.45, 2.75) is 26.0 Å². The molecule has 0 radical (unpaired) electrons. The highest BCUT2D eigenvalue weighted by Gasteiger charge is 2.02. The monoisotopic (exact) mass is 285 g/mol. The van der Waals surface area contributed by atoms with Crippen LogP contribution in [0.15, 0.2) is 24.3 Å². The van der Waals surface area contributed by atoms with Gasteiger partial charge in [-0.1, -0.05) is 37.6 Å². The van der Waals surface area contributed by atoms with E-state index in [2.05, 4.69) is 19.2 Å². The first-order chi connectivity index (χ1) is 8.58. The minimum atomic E-state index is 0.120. The molecule has 0 aliphatic heterocycles. The van der Waals surface area contributed by atoms with Crippen molar-refractivity contribution >= 4 is 29.3 Å². The Hall–Kier alpha value is -0.670. The van der Waals surface area contributed by atoms with Gasteiger partial charge >= 0.3 is 0 Å². The molecule has 0 heterocycles. The van der Waals surface area contributed by atoms with Crippen LogP contribution >= 0.6 is 23.4 Å². The number of hydrogen-bond acceptors (Lipinski definition) is 2. The van der Waals surface area contributed by atoms with E-state index in [0.29, 0.717) is 11.7 Å². The van der Waals surface area contributed by atoms with Gasteiger partial charge in [-0.15, -0.1) is 11.8 Å². The van der Waals surface area contributed by atoms with Gasteiger partial charge in [0.2, 0.25) is 5.91 Å². The van der Waals surface area contributed by atoms with Crippen molar-refractivity contribution < 1.29 is 4.79 Å². The SMILES string of the molecule is CC(C)CCNC(=O)CSCc1ccc(Cl)cc1. The van der Waals surface area contributed by atoms with E-state index in [1.54, 1.807) is 11.8 Å². The zero-order valence-corrected chi connectivity index (χ0v) is 12.5. The second kappa shape index (κ2) is 8.44. The topological polar surface area (TPSA) is 29.1 Å². The molecule has 100 valence electrons. The quantitative estimate of drug-likeness (QED) is 0.827. The molecule has 1 aromatic carbocycles. The van der Waals surface area contributed by atoms with E-state index in [-0.39, 0.29) is 5.91 Å². The fraction of sp³-hybridized carbons (Fsp3) is 0.500. The van der Waals surface area contributed by atoms with Gasteiger partial charge in [0.25, 0.3) is 0 Å². The van der Waals surface area contributed by atoms with Crippen molar-refractivity contribution in [3.8, 4) is 0 Å². The van der Waals surface area contributed by atoms with Gasteiger partial charge in [0, 0.05) is 17.3 Å². The molecule has 0 aliphatic rings. The maximum Gasteiger partial charge on any atom is 0.230 e. The number of carbonyl (C=O) groups is 1. The molecular weight excluding hydrogens is 266 g/mol. The number of rotatable bonds is 7. The highest BCUT2D eigenvalue weighted by molar-refractivity contribution is 7.99. The molecule has 0 aliphatic carbocycles. The lowest BCUT2D eigenvalue weighted by molar-refractivity contribution is -0.118. The highest BCUT2D eigenvalue weighted by atomic mass is 35.5. The summed E-state index contributed by atoms with van der Waals surface area (Å²) in [6.07, 6.45) is 1.04. The van der Waals surface area contributed by atoms with Crippen LogP contribution in [-0.4, -0.2) is 18.2 Å². The molecular formula is C14H20ClNOS. The molecule has 0 saturated carbocycles. The summed E-state index contributed by atoms with van der Waals surface area (Å²) in [5.41, 5.74) is 1.19. The van der Waals surface area contributed by atoms with Gasteiger partial charge in [-0.25, -0.2) is 0 Å². The molecule has 0 fully saturated rings. The summed E-state index contributed by atoms with van der Waals surface area (Å²) in [7, 11) is 0. The van der Waals surface area contributed by atoms with Gasteiger partial charge in [-0.2, -0.15) is 0 Å². The summed E-state index contributed by atoms with van der Waals surface area (Å²) in [5.74, 6) is 2.11. The van der Waals surface area contributed by atoms with E-state index in [0.717, 1.165) is 23.7 Å². The van der Waals surface area contributed by atoms with E-state index in [9.17, 15) is 4.79 Å². The maximum atomic E-state index is 11.5. The molecule has 0 bridgehead atoms. The molecule has 4 heteroatoms. The van der Waals surface area contributed by atoms with Crippen LogP contribution in [0, 0.1) is 5.92 Å². The molecule has 0 spiro atoms. The van der Waals surface area contributed by atoms with Crippen LogP contribution in [0.3, 0.4) is 0 Å². The molecule has 1 aromatic rings. The molecule has 0 atom stereocenters. The lowest BCUT2D eigenvalue weighted by atomic mass is 10.1. The average Bonchev–Trinajstić information content (AvgIpc) is 2.31. The second-order valence-corrected chi connectivity index (χ2v) is 6.07. The van der Waals surface area contributed by atoms with Crippen LogP contribution in [0.2, 0.25) is 5.02 Å². The Kier molecular flexibility index (Phi) is 7.21. The van der Waals surface area contributed by atoms with Crippen molar-refractivity contribution in [1.82, 2.24) is 5.32 Å². The fourth-order valence-corrected chi connectivity index (χ4v) is 2.34. The van der Waals surface area contributed by atoms with Gasteiger partial charge in [-0.3, -0.25) is 4.79 Å². The smallest absolute Gasteiger partial charge is 0.230 e. The predicted octanol–water partition coefficient (Wildman–Crippen LogP) is 3.74. The van der Waals surface area contributed by atoms with Crippen LogP contribution in [0.1, 0.15) is 25.8 Å². The van der Waals surface area contributed by atoms with Crippen LogP contribution in [0.4, 0.5) is 0 Å². The first-order valence-corrected chi connectivity index (χ1v) is 7.70. The lowest BCUT2D eigenvalue weighted by Gasteiger charge is -2.07. The summed E-state index contributed by atoms with van der Waals surface area (Å²) in [6.45, 7) is 5.08. The highest BCUT2D eigenvalue weighted by Crippen LogP contribution is 2.15. The Morgan fingerprint density at radius 3 is 2.61 bits per heavy atom. The normalized spacial score (nSPS) is 10.7. The fourth-order valence-electron chi connectivity index (χ4n) is 1.39. The van der Waals surface area contributed by atoms with Crippen molar-refractivity contribution in [3.63, 3.8) is 0 Å². The minimum absolute atomic E-state index is 0.120. The molecule has 0 aromatic heterocycles. The average molecular weight is 286 g/mol. The van der Waals surface area contributed by atoms with Gasteiger partial charge in [0.1, 0.15) is 0 Å². The van der Waals surface area contributed by atoms with Crippen LogP contribution in [0.25, 0.3) is 0 Å². The molecule has 1 N–H and O–H groups in total. The molecule has 18 heavy (non-hydrogen) atoms. The third-order valence-corrected chi connectivity index (χ3v) is 3.71. The Bertz CT molecular complexity index is 365. The number of hydrogen-bond donors (Lipinski definition) is 1. The first-order valence-electron chi connectivity index (χ1n) is 6.17. The number of nitrogens with one attached hydrogen (secondary N) is 1. The van der Waals surface area contributed by atoms with Crippen molar-refractivity contribution in [1.29, 1.82) is 0 Å². The summed E-state index contributed by atoms with van der Waals surface area (Å²) in [6, 6.07) is 7.73. The van der Waals surface area contributed by atoms with Crippen molar-refractivity contribution in [3.05, 3.63) is 34.9 Å². The second-order valence-electron chi connectivity index (χ2n) is 4.65. The summed E-state index contributed by atoms with van der Waals surface area (Å²) in [5, 5.41) is 3.67. The van der Waals surface area contributed by atoms with Crippen LogP contribution in [0.5, 0.6) is 0 Å². The van der Waals surface area contributed by atoms with Crippen LogP contribution in [-0.2, 0) is 10.5 Å².